The van der Waals surface area contributed by atoms with Crippen molar-refractivity contribution in [2.24, 2.45) is 7.05 Å². The summed E-state index contributed by atoms with van der Waals surface area (Å²) in [5, 5.41) is 14.1. The van der Waals surface area contributed by atoms with Crippen LogP contribution in [0.25, 0.3) is 22.4 Å². The Labute approximate surface area is 264 Å². The van der Waals surface area contributed by atoms with Crippen LogP contribution >= 0.6 is 11.6 Å². The maximum absolute atomic E-state index is 13.8. The molecule has 0 spiro atoms. The molecule has 0 aliphatic heterocycles. The standard InChI is InChI=1S/C33H33ClN6O5/c1-19(2)40-17-22(7-11-31(40)41)21-6-10-27(34)23(14-21)15-28(37-32(42)26-18-45-38-20(26)3)33(43)36-24-8-9-25(30(16-24)44-5)29-12-13-35-39(29)4/h6-14,16-19,28H,15H2,1-5H3,(H,36,43)(H,37,42)/t28-/m0/s1. The summed E-state index contributed by atoms with van der Waals surface area (Å²) in [6.07, 6.45) is 4.79. The van der Waals surface area contributed by atoms with Gasteiger partial charge < -0.3 is 24.5 Å². The lowest BCUT2D eigenvalue weighted by atomic mass is 9.99. The molecule has 0 radical (unpaired) electrons. The van der Waals surface area contributed by atoms with E-state index >= 15 is 0 Å². The van der Waals surface area contributed by atoms with Gasteiger partial charge in [-0.05, 0) is 73.9 Å². The molecule has 2 aromatic carbocycles. The van der Waals surface area contributed by atoms with E-state index in [1.165, 1.54) is 12.3 Å². The fraction of sp³-hybridized carbons (Fsp3) is 0.242. The monoisotopic (exact) mass is 628 g/mol. The predicted molar refractivity (Wildman–Crippen MR) is 172 cm³/mol. The predicted octanol–water partition coefficient (Wildman–Crippen LogP) is 5.43. The smallest absolute Gasteiger partial charge is 0.257 e. The Hall–Kier alpha value is -5.16. The van der Waals surface area contributed by atoms with E-state index in [-0.39, 0.29) is 23.6 Å². The molecule has 2 N–H and O–H groups in total. The number of carbonyl (C=O) groups excluding carboxylic acids is 2. The third kappa shape index (κ3) is 6.83. The molecule has 0 fully saturated rings. The van der Waals surface area contributed by atoms with Crippen LogP contribution < -0.4 is 20.9 Å². The lowest BCUT2D eigenvalue weighted by Gasteiger charge is -2.20. The van der Waals surface area contributed by atoms with Crippen LogP contribution in [0.3, 0.4) is 0 Å². The van der Waals surface area contributed by atoms with Crippen molar-refractivity contribution in [2.45, 2.75) is 39.3 Å². The highest BCUT2D eigenvalue weighted by molar-refractivity contribution is 6.31. The Kier molecular flexibility index (Phi) is 9.19. The minimum atomic E-state index is -1.04. The van der Waals surface area contributed by atoms with E-state index in [2.05, 4.69) is 20.9 Å². The molecule has 12 heteroatoms. The van der Waals surface area contributed by atoms with Crippen LogP contribution in [0.15, 0.2) is 82.6 Å². The number of halogens is 1. The van der Waals surface area contributed by atoms with Crippen molar-refractivity contribution in [3.8, 4) is 28.1 Å². The maximum atomic E-state index is 13.8. The summed E-state index contributed by atoms with van der Waals surface area (Å²) in [7, 11) is 3.38. The maximum Gasteiger partial charge on any atom is 0.257 e. The van der Waals surface area contributed by atoms with Gasteiger partial charge in [0.25, 0.3) is 11.5 Å². The molecule has 0 bridgehead atoms. The lowest BCUT2D eigenvalue weighted by Crippen LogP contribution is -2.45. The van der Waals surface area contributed by atoms with Gasteiger partial charge in [0.15, 0.2) is 0 Å². The summed E-state index contributed by atoms with van der Waals surface area (Å²) in [4.78, 5) is 39.3. The summed E-state index contributed by atoms with van der Waals surface area (Å²) in [6, 6.07) is 14.8. The molecule has 0 aliphatic rings. The molecular formula is C33H33ClN6O5. The molecule has 3 aromatic heterocycles. The first kappa shape index (κ1) is 31.3. The van der Waals surface area contributed by atoms with Crippen molar-refractivity contribution in [2.75, 3.05) is 12.4 Å². The Morgan fingerprint density at radius 2 is 1.84 bits per heavy atom. The number of hydrogen-bond acceptors (Lipinski definition) is 7. The fourth-order valence-corrected chi connectivity index (χ4v) is 5.21. The second-order valence-corrected chi connectivity index (χ2v) is 11.3. The van der Waals surface area contributed by atoms with Gasteiger partial charge in [-0.3, -0.25) is 19.1 Å². The number of benzene rings is 2. The highest BCUT2D eigenvalue weighted by atomic mass is 35.5. The molecule has 45 heavy (non-hydrogen) atoms. The first-order chi connectivity index (χ1) is 21.5. The van der Waals surface area contributed by atoms with Crippen molar-refractivity contribution in [1.29, 1.82) is 0 Å². The molecule has 0 saturated carbocycles. The minimum absolute atomic E-state index is 0.0230. The van der Waals surface area contributed by atoms with E-state index < -0.39 is 17.9 Å². The van der Waals surface area contributed by atoms with Gasteiger partial charge in [-0.2, -0.15) is 5.10 Å². The van der Waals surface area contributed by atoms with Crippen LogP contribution in [0.2, 0.25) is 5.02 Å². The average molecular weight is 629 g/mol. The molecule has 11 nitrogen and oxygen atoms in total. The number of amides is 2. The number of aromatic nitrogens is 4. The fourth-order valence-electron chi connectivity index (χ4n) is 5.01. The molecule has 5 rings (SSSR count). The molecule has 3 heterocycles. The van der Waals surface area contributed by atoms with Crippen LogP contribution in [0.5, 0.6) is 5.75 Å². The highest BCUT2D eigenvalue weighted by Crippen LogP contribution is 2.32. The molecule has 0 unspecified atom stereocenters. The summed E-state index contributed by atoms with van der Waals surface area (Å²) in [5.74, 6) is -0.451. The third-order valence-corrected chi connectivity index (χ3v) is 7.85. The quantitative estimate of drug-likeness (QED) is 0.211. The van der Waals surface area contributed by atoms with Crippen LogP contribution in [0, 0.1) is 6.92 Å². The summed E-state index contributed by atoms with van der Waals surface area (Å²) in [6.45, 7) is 5.51. The zero-order chi connectivity index (χ0) is 32.2. The van der Waals surface area contributed by atoms with Gasteiger partial charge >= 0.3 is 0 Å². The first-order valence-corrected chi connectivity index (χ1v) is 14.6. The van der Waals surface area contributed by atoms with Crippen LogP contribution in [0.1, 0.15) is 41.5 Å². The molecule has 232 valence electrons. The minimum Gasteiger partial charge on any atom is -0.496 e. The number of aryl methyl sites for hydroxylation is 2. The zero-order valence-corrected chi connectivity index (χ0v) is 26.3. The van der Waals surface area contributed by atoms with Crippen LogP contribution in [-0.4, -0.2) is 44.5 Å². The molecule has 0 aliphatic carbocycles. The van der Waals surface area contributed by atoms with E-state index in [9.17, 15) is 14.4 Å². The van der Waals surface area contributed by atoms with Gasteiger partial charge in [0.1, 0.15) is 23.6 Å². The molecule has 1 atom stereocenters. The number of methoxy groups -OCH3 is 1. The Bertz CT molecular complexity index is 1920. The second-order valence-electron chi connectivity index (χ2n) is 10.9. The van der Waals surface area contributed by atoms with Gasteiger partial charge in [-0.15, -0.1) is 0 Å². The van der Waals surface area contributed by atoms with Gasteiger partial charge in [0, 0.05) is 60.3 Å². The van der Waals surface area contributed by atoms with E-state index in [1.807, 2.05) is 45.2 Å². The average Bonchev–Trinajstić information content (AvgIpc) is 3.65. The van der Waals surface area contributed by atoms with Crippen molar-refractivity contribution < 1.29 is 18.8 Å². The van der Waals surface area contributed by atoms with Crippen molar-refractivity contribution >= 4 is 29.1 Å². The van der Waals surface area contributed by atoms with Crippen LogP contribution in [0.4, 0.5) is 5.69 Å². The second kappa shape index (κ2) is 13.2. The topological polar surface area (TPSA) is 133 Å². The normalized spacial score (nSPS) is 11.8. The van der Waals surface area contributed by atoms with Gasteiger partial charge in [-0.25, -0.2) is 0 Å². The van der Waals surface area contributed by atoms with Crippen molar-refractivity contribution in [3.63, 3.8) is 0 Å². The zero-order valence-electron chi connectivity index (χ0n) is 25.5. The number of pyridine rings is 1. The summed E-state index contributed by atoms with van der Waals surface area (Å²) >= 11 is 6.63. The number of carbonyl (C=O) groups is 2. The first-order valence-electron chi connectivity index (χ1n) is 14.3. The van der Waals surface area contributed by atoms with Gasteiger partial charge in [0.2, 0.25) is 5.91 Å². The number of ether oxygens (including phenoxy) is 1. The third-order valence-electron chi connectivity index (χ3n) is 7.48. The number of nitrogens with one attached hydrogen (secondary N) is 2. The van der Waals surface area contributed by atoms with Crippen molar-refractivity contribution in [3.05, 3.63) is 105 Å². The highest BCUT2D eigenvalue weighted by Gasteiger charge is 2.26. The molecule has 2 amide bonds. The van der Waals surface area contributed by atoms with E-state index in [0.29, 0.717) is 27.7 Å². The summed E-state index contributed by atoms with van der Waals surface area (Å²) in [5.41, 5.74) is 4.87. The molecular weight excluding hydrogens is 596 g/mol. The lowest BCUT2D eigenvalue weighted by molar-refractivity contribution is -0.118. The Morgan fingerprint density at radius 3 is 2.51 bits per heavy atom. The number of rotatable bonds is 10. The number of hydrogen-bond donors (Lipinski definition) is 2. The van der Waals surface area contributed by atoms with Gasteiger partial charge in [0.05, 0.1) is 18.5 Å². The Morgan fingerprint density at radius 1 is 1.07 bits per heavy atom. The van der Waals surface area contributed by atoms with E-state index in [0.717, 1.165) is 22.4 Å². The Balaban J connectivity index is 1.46. The number of anilines is 1. The van der Waals surface area contributed by atoms with E-state index in [4.69, 9.17) is 20.9 Å². The van der Waals surface area contributed by atoms with Crippen LogP contribution in [-0.2, 0) is 18.3 Å². The summed E-state index contributed by atoms with van der Waals surface area (Å²) < 4.78 is 13.9. The van der Waals surface area contributed by atoms with E-state index in [1.54, 1.807) is 59.9 Å². The number of nitrogens with zero attached hydrogens (tertiary/aromatic N) is 4. The molecule has 5 aromatic rings. The SMILES string of the molecule is COc1cc(NC(=O)[C@H](Cc2cc(-c3ccc(=O)n(C(C)C)c3)ccc2Cl)NC(=O)c2conc2C)ccc1-c1ccnn1C. The van der Waals surface area contributed by atoms with Crippen molar-refractivity contribution in [1.82, 2.24) is 24.8 Å². The molecule has 0 saturated heterocycles. The van der Waals surface area contributed by atoms with Gasteiger partial charge in [-0.1, -0.05) is 22.8 Å². The largest absolute Gasteiger partial charge is 0.496 e.